The number of hydrogen-bond acceptors (Lipinski definition) is 3. The predicted octanol–water partition coefficient (Wildman–Crippen LogP) is 0.197. The summed E-state index contributed by atoms with van der Waals surface area (Å²) < 4.78 is 0. The molecule has 0 aromatic heterocycles. The average Bonchev–Trinajstić information content (AvgIpc) is 2.15. The Hall–Kier alpha value is -1.30. The molecule has 0 aliphatic carbocycles. The van der Waals surface area contributed by atoms with Gasteiger partial charge in [0.25, 0.3) is 0 Å². The molecule has 0 unspecified atom stereocenters. The summed E-state index contributed by atoms with van der Waals surface area (Å²) in [6, 6.07) is -0.177. The van der Waals surface area contributed by atoms with Gasteiger partial charge in [-0.1, -0.05) is 0 Å². The van der Waals surface area contributed by atoms with E-state index in [0.717, 1.165) is 13.1 Å². The van der Waals surface area contributed by atoms with Crippen LogP contribution in [-0.4, -0.2) is 65.7 Å². The van der Waals surface area contributed by atoms with Crippen LogP contribution in [0.4, 0.5) is 4.79 Å². The van der Waals surface area contributed by atoms with Gasteiger partial charge in [-0.2, -0.15) is 0 Å². The number of carbonyl (C=O) groups is 2. The third kappa shape index (κ3) is 4.60. The molecule has 1 rings (SSSR count). The minimum absolute atomic E-state index is 0.0769. The summed E-state index contributed by atoms with van der Waals surface area (Å²) in [5, 5.41) is 11.5. The first-order chi connectivity index (χ1) is 7.80. The molecule has 2 N–H and O–H groups in total. The van der Waals surface area contributed by atoms with Gasteiger partial charge in [0, 0.05) is 31.7 Å². The minimum atomic E-state index is -0.909. The van der Waals surface area contributed by atoms with Crippen LogP contribution >= 0.6 is 0 Å². The van der Waals surface area contributed by atoms with Crippen molar-refractivity contribution in [1.82, 2.24) is 15.1 Å². The van der Waals surface area contributed by atoms with Crippen molar-refractivity contribution >= 4 is 12.0 Å². The topological polar surface area (TPSA) is 72.9 Å². The molecule has 0 radical (unpaired) electrons. The molecule has 0 saturated carbocycles. The van der Waals surface area contributed by atoms with Gasteiger partial charge in [-0.15, -0.1) is 0 Å². The van der Waals surface area contributed by atoms with E-state index < -0.39 is 11.5 Å². The van der Waals surface area contributed by atoms with E-state index in [9.17, 15) is 9.59 Å². The number of nitrogens with zero attached hydrogens (tertiary/aromatic N) is 2. The maximum absolute atomic E-state index is 11.9. The van der Waals surface area contributed by atoms with Crippen molar-refractivity contribution in [1.29, 1.82) is 0 Å². The number of hydrogen-bond donors (Lipinski definition) is 2. The smallest absolute Gasteiger partial charge is 0.317 e. The fraction of sp³-hybridized carbons (Fsp3) is 0.818. The zero-order chi connectivity index (χ0) is 13.1. The van der Waals surface area contributed by atoms with Crippen LogP contribution in [0, 0.1) is 0 Å². The van der Waals surface area contributed by atoms with Gasteiger partial charge < -0.3 is 20.2 Å². The molecule has 1 aliphatic heterocycles. The monoisotopic (exact) mass is 243 g/mol. The Balaban J connectivity index is 2.45. The molecule has 0 aromatic carbocycles. The van der Waals surface area contributed by atoms with E-state index in [1.54, 1.807) is 18.7 Å². The summed E-state index contributed by atoms with van der Waals surface area (Å²) in [6.07, 6.45) is -0.0769. The zero-order valence-corrected chi connectivity index (χ0v) is 10.7. The molecule has 0 atom stereocenters. The second-order valence-electron chi connectivity index (χ2n) is 5.17. The van der Waals surface area contributed by atoms with Gasteiger partial charge >= 0.3 is 12.0 Å². The average molecular weight is 243 g/mol. The number of carboxylic acid groups (broad SMARTS) is 1. The van der Waals surface area contributed by atoms with Crippen molar-refractivity contribution < 1.29 is 14.7 Å². The van der Waals surface area contributed by atoms with Crippen molar-refractivity contribution in [2.45, 2.75) is 25.8 Å². The number of carbonyl (C=O) groups excluding carboxylic acids is 1. The lowest BCUT2D eigenvalue weighted by molar-refractivity contribution is -0.138. The number of likely N-dealkylation sites (N-methyl/N-ethyl adjacent to an activating group) is 1. The van der Waals surface area contributed by atoms with Gasteiger partial charge in [0.15, 0.2) is 0 Å². The highest BCUT2D eigenvalue weighted by Gasteiger charge is 2.27. The SMILES string of the molecule is CN1CCN(C(=O)NC(C)(C)CC(=O)O)CC1. The van der Waals surface area contributed by atoms with Crippen molar-refractivity contribution in [3.63, 3.8) is 0 Å². The highest BCUT2D eigenvalue weighted by molar-refractivity contribution is 5.76. The van der Waals surface area contributed by atoms with Crippen LogP contribution in [-0.2, 0) is 4.79 Å². The van der Waals surface area contributed by atoms with E-state index in [2.05, 4.69) is 10.2 Å². The number of rotatable bonds is 3. The standard InChI is InChI=1S/C11H21N3O3/c1-11(2,8-9(15)16)12-10(17)14-6-4-13(3)5-7-14/h4-8H2,1-3H3,(H,12,17)(H,15,16). The van der Waals surface area contributed by atoms with Crippen LogP contribution in [0.5, 0.6) is 0 Å². The summed E-state index contributed by atoms with van der Waals surface area (Å²) in [5.41, 5.74) is -0.716. The molecule has 98 valence electrons. The first-order valence-electron chi connectivity index (χ1n) is 5.77. The van der Waals surface area contributed by atoms with Crippen LogP contribution in [0.25, 0.3) is 0 Å². The molecule has 6 nitrogen and oxygen atoms in total. The Morgan fingerprint density at radius 1 is 1.24 bits per heavy atom. The lowest BCUT2D eigenvalue weighted by atomic mass is 10.0. The van der Waals surface area contributed by atoms with E-state index >= 15 is 0 Å². The van der Waals surface area contributed by atoms with E-state index in [-0.39, 0.29) is 12.5 Å². The Kier molecular flexibility index (Phi) is 4.34. The Bertz CT molecular complexity index is 296. The second-order valence-corrected chi connectivity index (χ2v) is 5.17. The van der Waals surface area contributed by atoms with Crippen molar-refractivity contribution in [2.75, 3.05) is 33.2 Å². The fourth-order valence-electron chi connectivity index (χ4n) is 1.80. The van der Waals surface area contributed by atoms with Gasteiger partial charge in [-0.3, -0.25) is 4.79 Å². The van der Waals surface area contributed by atoms with Crippen molar-refractivity contribution in [3.05, 3.63) is 0 Å². The summed E-state index contributed by atoms with van der Waals surface area (Å²) in [4.78, 5) is 26.4. The molecule has 1 aliphatic rings. The second kappa shape index (κ2) is 5.35. The fourth-order valence-corrected chi connectivity index (χ4v) is 1.80. The first-order valence-corrected chi connectivity index (χ1v) is 5.77. The van der Waals surface area contributed by atoms with Crippen molar-refractivity contribution in [3.8, 4) is 0 Å². The lowest BCUT2D eigenvalue weighted by Gasteiger charge is -2.35. The van der Waals surface area contributed by atoms with Crippen LogP contribution < -0.4 is 5.32 Å². The third-order valence-electron chi connectivity index (χ3n) is 2.83. The van der Waals surface area contributed by atoms with Crippen LogP contribution in [0.2, 0.25) is 0 Å². The highest BCUT2D eigenvalue weighted by atomic mass is 16.4. The molecule has 0 aromatic rings. The number of carboxylic acids is 1. The predicted molar refractivity (Wildman–Crippen MR) is 63.9 cm³/mol. The molecular weight excluding hydrogens is 222 g/mol. The van der Waals surface area contributed by atoms with Gasteiger partial charge in [-0.05, 0) is 20.9 Å². The van der Waals surface area contributed by atoms with Gasteiger partial charge in [-0.25, -0.2) is 4.79 Å². The lowest BCUT2D eigenvalue weighted by Crippen LogP contribution is -2.55. The molecule has 0 bridgehead atoms. The quantitative estimate of drug-likeness (QED) is 0.742. The third-order valence-corrected chi connectivity index (χ3v) is 2.83. The highest BCUT2D eigenvalue weighted by Crippen LogP contribution is 2.10. The summed E-state index contributed by atoms with van der Waals surface area (Å²) in [7, 11) is 2.02. The van der Waals surface area contributed by atoms with E-state index in [0.29, 0.717) is 13.1 Å². The number of amides is 2. The number of nitrogens with one attached hydrogen (secondary N) is 1. The van der Waals surface area contributed by atoms with E-state index in [1.807, 2.05) is 7.05 Å². The van der Waals surface area contributed by atoms with Crippen LogP contribution in [0.15, 0.2) is 0 Å². The molecule has 0 spiro atoms. The van der Waals surface area contributed by atoms with Crippen molar-refractivity contribution in [2.24, 2.45) is 0 Å². The van der Waals surface area contributed by atoms with E-state index in [1.165, 1.54) is 0 Å². The van der Waals surface area contributed by atoms with Gasteiger partial charge in [0.2, 0.25) is 0 Å². The Morgan fingerprint density at radius 3 is 2.24 bits per heavy atom. The van der Waals surface area contributed by atoms with Crippen LogP contribution in [0.3, 0.4) is 0 Å². The van der Waals surface area contributed by atoms with E-state index in [4.69, 9.17) is 5.11 Å². The molecule has 1 saturated heterocycles. The summed E-state index contributed by atoms with van der Waals surface area (Å²) in [6.45, 7) is 6.51. The zero-order valence-electron chi connectivity index (χ0n) is 10.7. The van der Waals surface area contributed by atoms with Crippen LogP contribution in [0.1, 0.15) is 20.3 Å². The largest absolute Gasteiger partial charge is 0.481 e. The van der Waals surface area contributed by atoms with Gasteiger partial charge in [0.05, 0.1) is 6.42 Å². The normalized spacial score (nSPS) is 17.9. The molecule has 2 amide bonds. The molecule has 6 heteroatoms. The Labute approximate surface area is 102 Å². The first kappa shape index (κ1) is 13.8. The summed E-state index contributed by atoms with van der Waals surface area (Å²) >= 11 is 0. The van der Waals surface area contributed by atoms with Gasteiger partial charge in [0.1, 0.15) is 0 Å². The molecule has 1 heterocycles. The number of aliphatic carboxylic acids is 1. The minimum Gasteiger partial charge on any atom is -0.481 e. The maximum atomic E-state index is 11.9. The molecular formula is C11H21N3O3. The summed E-state index contributed by atoms with van der Waals surface area (Å²) in [5.74, 6) is -0.909. The maximum Gasteiger partial charge on any atom is 0.317 e. The number of urea groups is 1. The Morgan fingerprint density at radius 2 is 1.76 bits per heavy atom. The number of piperazine rings is 1. The molecule has 1 fully saturated rings. The molecule has 17 heavy (non-hydrogen) atoms.